The highest BCUT2D eigenvalue weighted by Crippen LogP contribution is 2.10. The van der Waals surface area contributed by atoms with E-state index >= 15 is 0 Å². The monoisotopic (exact) mass is 195 g/mol. The van der Waals surface area contributed by atoms with Crippen molar-refractivity contribution in [2.24, 2.45) is 5.90 Å². The Bertz CT molecular complexity index is 312. The molecule has 0 spiro atoms. The van der Waals surface area contributed by atoms with Gasteiger partial charge in [-0.2, -0.15) is 0 Å². The van der Waals surface area contributed by atoms with Gasteiger partial charge in [-0.15, -0.1) is 0 Å². The van der Waals surface area contributed by atoms with Crippen molar-refractivity contribution in [1.82, 2.24) is 0 Å². The summed E-state index contributed by atoms with van der Waals surface area (Å²) in [6.07, 6.45) is 0.246. The highest BCUT2D eigenvalue weighted by Gasteiger charge is 2.06. The second-order valence-electron chi connectivity index (χ2n) is 2.83. The van der Waals surface area contributed by atoms with Gasteiger partial charge in [-0.3, -0.25) is 9.63 Å². The summed E-state index contributed by atoms with van der Waals surface area (Å²) in [4.78, 5) is 15.6. The third-order valence-electron chi connectivity index (χ3n) is 1.92. The van der Waals surface area contributed by atoms with Gasteiger partial charge in [-0.25, -0.2) is 5.90 Å². The summed E-state index contributed by atoms with van der Waals surface area (Å²) in [7, 11) is 1.37. The third kappa shape index (κ3) is 2.83. The van der Waals surface area contributed by atoms with Crippen molar-refractivity contribution >= 4 is 5.97 Å². The van der Waals surface area contributed by atoms with Gasteiger partial charge in [0.25, 0.3) is 0 Å². The predicted molar refractivity (Wildman–Crippen MR) is 51.1 cm³/mol. The minimum absolute atomic E-state index is 0.246. The number of hydrogen-bond acceptors (Lipinski definition) is 4. The van der Waals surface area contributed by atoms with Gasteiger partial charge in [0.1, 0.15) is 0 Å². The summed E-state index contributed by atoms with van der Waals surface area (Å²) in [5.74, 6) is 4.71. The number of rotatable bonds is 4. The van der Waals surface area contributed by atoms with E-state index in [0.717, 1.165) is 11.1 Å². The zero-order valence-corrected chi connectivity index (χ0v) is 8.03. The van der Waals surface area contributed by atoms with Crippen LogP contribution in [0.2, 0.25) is 0 Å². The lowest BCUT2D eigenvalue weighted by Gasteiger charge is -2.06. The van der Waals surface area contributed by atoms with Crippen molar-refractivity contribution in [2.75, 3.05) is 7.11 Å². The van der Waals surface area contributed by atoms with Crippen molar-refractivity contribution in [1.29, 1.82) is 0 Å². The molecule has 0 saturated carbocycles. The molecule has 0 fully saturated rings. The molecule has 0 aliphatic carbocycles. The zero-order valence-electron chi connectivity index (χ0n) is 8.03. The molecule has 1 aromatic rings. The number of carbonyl (C=O) groups excluding carboxylic acids is 1. The Labute approximate surface area is 82.6 Å². The van der Waals surface area contributed by atoms with E-state index in [1.54, 1.807) is 0 Å². The second-order valence-corrected chi connectivity index (χ2v) is 2.83. The van der Waals surface area contributed by atoms with E-state index < -0.39 is 0 Å². The Morgan fingerprint density at radius 2 is 2.00 bits per heavy atom. The molecule has 0 amide bonds. The van der Waals surface area contributed by atoms with E-state index in [1.807, 2.05) is 24.3 Å². The first kappa shape index (κ1) is 10.7. The SMILES string of the molecule is COC(=O)Cc1ccccc1CON. The number of ether oxygens (including phenoxy) is 1. The normalized spacial score (nSPS) is 9.86. The fourth-order valence-electron chi connectivity index (χ4n) is 1.19. The van der Waals surface area contributed by atoms with E-state index in [9.17, 15) is 4.79 Å². The van der Waals surface area contributed by atoms with Gasteiger partial charge >= 0.3 is 5.97 Å². The summed E-state index contributed by atoms with van der Waals surface area (Å²) in [6.45, 7) is 0.299. The average Bonchev–Trinajstić information content (AvgIpc) is 2.21. The van der Waals surface area contributed by atoms with Gasteiger partial charge in [0.2, 0.25) is 0 Å². The first-order valence-corrected chi connectivity index (χ1v) is 4.23. The molecule has 0 aliphatic heterocycles. The molecule has 76 valence electrons. The number of methoxy groups -OCH3 is 1. The van der Waals surface area contributed by atoms with Crippen molar-refractivity contribution in [3.63, 3.8) is 0 Å². The van der Waals surface area contributed by atoms with Crippen LogP contribution in [0.3, 0.4) is 0 Å². The van der Waals surface area contributed by atoms with Crippen molar-refractivity contribution < 1.29 is 14.4 Å². The molecule has 14 heavy (non-hydrogen) atoms. The summed E-state index contributed by atoms with van der Waals surface area (Å²) in [5, 5.41) is 0. The molecule has 0 saturated heterocycles. The third-order valence-corrected chi connectivity index (χ3v) is 1.92. The first-order valence-electron chi connectivity index (χ1n) is 4.23. The molecule has 0 heterocycles. The summed E-state index contributed by atoms with van der Waals surface area (Å²) < 4.78 is 4.58. The van der Waals surface area contributed by atoms with E-state index in [2.05, 4.69) is 9.57 Å². The topological polar surface area (TPSA) is 61.5 Å². The van der Waals surface area contributed by atoms with Crippen molar-refractivity contribution in [2.45, 2.75) is 13.0 Å². The Morgan fingerprint density at radius 3 is 2.57 bits per heavy atom. The molecule has 0 unspecified atom stereocenters. The molecule has 0 aliphatic rings. The molecule has 0 bridgehead atoms. The molecular formula is C10H13NO3. The molecular weight excluding hydrogens is 182 g/mol. The van der Waals surface area contributed by atoms with Crippen LogP contribution in [0, 0.1) is 0 Å². The van der Waals surface area contributed by atoms with Crippen LogP contribution >= 0.6 is 0 Å². The lowest BCUT2D eigenvalue weighted by Crippen LogP contribution is -2.08. The smallest absolute Gasteiger partial charge is 0.309 e. The van der Waals surface area contributed by atoms with Gasteiger partial charge in [-0.1, -0.05) is 24.3 Å². The predicted octanol–water partition coefficient (Wildman–Crippen LogP) is 0.792. The van der Waals surface area contributed by atoms with Crippen LogP contribution in [0.15, 0.2) is 24.3 Å². The lowest BCUT2D eigenvalue weighted by atomic mass is 10.1. The maximum absolute atomic E-state index is 11.0. The number of benzene rings is 1. The number of nitrogens with two attached hydrogens (primary N) is 1. The molecule has 4 nitrogen and oxygen atoms in total. The summed E-state index contributed by atoms with van der Waals surface area (Å²) in [5.41, 5.74) is 1.78. The quantitative estimate of drug-likeness (QED) is 0.570. The largest absolute Gasteiger partial charge is 0.469 e. The lowest BCUT2D eigenvalue weighted by molar-refractivity contribution is -0.139. The van der Waals surface area contributed by atoms with E-state index in [1.165, 1.54) is 7.11 Å². The molecule has 0 aromatic heterocycles. The summed E-state index contributed by atoms with van der Waals surface area (Å²) in [6, 6.07) is 7.45. The Morgan fingerprint density at radius 1 is 1.36 bits per heavy atom. The van der Waals surface area contributed by atoms with Crippen molar-refractivity contribution in [3.05, 3.63) is 35.4 Å². The standard InChI is InChI=1S/C10H13NO3/c1-13-10(12)6-8-4-2-3-5-9(8)7-14-11/h2-5H,6-7,11H2,1H3. The van der Waals surface area contributed by atoms with Gasteiger partial charge in [-0.05, 0) is 11.1 Å². The highest BCUT2D eigenvalue weighted by molar-refractivity contribution is 5.72. The minimum Gasteiger partial charge on any atom is -0.469 e. The van der Waals surface area contributed by atoms with E-state index in [0.29, 0.717) is 6.61 Å². The van der Waals surface area contributed by atoms with Gasteiger partial charge < -0.3 is 4.74 Å². The maximum Gasteiger partial charge on any atom is 0.309 e. The molecule has 0 radical (unpaired) electrons. The highest BCUT2D eigenvalue weighted by atomic mass is 16.6. The maximum atomic E-state index is 11.0. The molecule has 2 N–H and O–H groups in total. The van der Waals surface area contributed by atoms with Crippen LogP contribution in [-0.2, 0) is 27.4 Å². The first-order chi connectivity index (χ1) is 6.77. The number of hydrogen-bond donors (Lipinski definition) is 1. The van der Waals surface area contributed by atoms with Gasteiger partial charge in [0, 0.05) is 0 Å². The fraction of sp³-hybridized carbons (Fsp3) is 0.300. The number of esters is 1. The Hall–Kier alpha value is -1.39. The zero-order chi connectivity index (χ0) is 10.4. The van der Waals surface area contributed by atoms with Gasteiger partial charge in [0.05, 0.1) is 20.1 Å². The van der Waals surface area contributed by atoms with E-state index in [-0.39, 0.29) is 12.4 Å². The number of carbonyl (C=O) groups is 1. The summed E-state index contributed by atoms with van der Waals surface area (Å²) >= 11 is 0. The van der Waals surface area contributed by atoms with Crippen LogP contribution in [0.5, 0.6) is 0 Å². The van der Waals surface area contributed by atoms with Crippen LogP contribution in [-0.4, -0.2) is 13.1 Å². The van der Waals surface area contributed by atoms with Crippen LogP contribution in [0.1, 0.15) is 11.1 Å². The molecule has 0 atom stereocenters. The van der Waals surface area contributed by atoms with Crippen LogP contribution in [0.4, 0.5) is 0 Å². The molecule has 1 aromatic carbocycles. The Balaban J connectivity index is 2.78. The van der Waals surface area contributed by atoms with Gasteiger partial charge in [0.15, 0.2) is 0 Å². The van der Waals surface area contributed by atoms with Crippen LogP contribution < -0.4 is 5.90 Å². The Kier molecular flexibility index (Phi) is 4.10. The van der Waals surface area contributed by atoms with Crippen molar-refractivity contribution in [3.8, 4) is 0 Å². The molecule has 4 heteroatoms. The van der Waals surface area contributed by atoms with Crippen LogP contribution in [0.25, 0.3) is 0 Å². The average molecular weight is 195 g/mol. The van der Waals surface area contributed by atoms with E-state index in [4.69, 9.17) is 5.90 Å². The fourth-order valence-corrected chi connectivity index (χ4v) is 1.19. The molecule has 1 rings (SSSR count). The second kappa shape index (κ2) is 5.36. The minimum atomic E-state index is -0.269.